The predicted molar refractivity (Wildman–Crippen MR) is 85.9 cm³/mol. The van der Waals surface area contributed by atoms with Crippen LogP contribution in [-0.4, -0.2) is 9.78 Å². The van der Waals surface area contributed by atoms with E-state index >= 15 is 0 Å². The first kappa shape index (κ1) is 15.7. The normalized spacial score (nSPS) is 11.3. The van der Waals surface area contributed by atoms with Crippen molar-refractivity contribution in [3.63, 3.8) is 0 Å². The van der Waals surface area contributed by atoms with Gasteiger partial charge in [0.05, 0.1) is 18.1 Å². The molecular formula is C15H17Cl3N2. The maximum atomic E-state index is 6.39. The number of halogens is 3. The molecule has 0 unspecified atom stereocenters. The van der Waals surface area contributed by atoms with Gasteiger partial charge in [-0.2, -0.15) is 5.10 Å². The van der Waals surface area contributed by atoms with E-state index in [-0.39, 0.29) is 0 Å². The van der Waals surface area contributed by atoms with Gasteiger partial charge in [0, 0.05) is 10.6 Å². The third-order valence-electron chi connectivity index (χ3n) is 3.08. The fraction of sp³-hybridized carbons (Fsp3) is 0.400. The second-order valence-electron chi connectivity index (χ2n) is 5.20. The van der Waals surface area contributed by atoms with Gasteiger partial charge in [0.2, 0.25) is 0 Å². The highest BCUT2D eigenvalue weighted by Gasteiger charge is 2.17. The zero-order valence-electron chi connectivity index (χ0n) is 11.5. The van der Waals surface area contributed by atoms with E-state index in [2.05, 4.69) is 18.9 Å². The molecule has 1 aromatic heterocycles. The van der Waals surface area contributed by atoms with E-state index in [0.29, 0.717) is 23.5 Å². The van der Waals surface area contributed by atoms with Crippen molar-refractivity contribution in [2.24, 2.45) is 5.92 Å². The van der Waals surface area contributed by atoms with Crippen molar-refractivity contribution in [3.05, 3.63) is 51.3 Å². The van der Waals surface area contributed by atoms with Crippen molar-refractivity contribution in [3.8, 4) is 0 Å². The smallest absolute Gasteiger partial charge is 0.132 e. The number of benzene rings is 1. The Labute approximate surface area is 134 Å². The molecule has 2 rings (SSSR count). The third kappa shape index (κ3) is 3.49. The first-order chi connectivity index (χ1) is 9.52. The summed E-state index contributed by atoms with van der Waals surface area (Å²) in [4.78, 5) is 0. The lowest BCUT2D eigenvalue weighted by Crippen LogP contribution is -2.04. The highest BCUT2D eigenvalue weighted by Crippen LogP contribution is 2.26. The van der Waals surface area contributed by atoms with Crippen molar-refractivity contribution < 1.29 is 0 Å². The summed E-state index contributed by atoms with van der Waals surface area (Å²) in [6.45, 7) is 4.86. The topological polar surface area (TPSA) is 17.8 Å². The molecular weight excluding hydrogens is 315 g/mol. The minimum atomic E-state index is 0.378. The lowest BCUT2D eigenvalue weighted by Gasteiger charge is -2.05. The van der Waals surface area contributed by atoms with Crippen LogP contribution >= 0.6 is 34.8 Å². The van der Waals surface area contributed by atoms with Gasteiger partial charge in [-0.25, -0.2) is 4.68 Å². The zero-order chi connectivity index (χ0) is 14.7. The Morgan fingerprint density at radius 2 is 1.90 bits per heavy atom. The molecule has 0 atom stereocenters. The van der Waals surface area contributed by atoms with Crippen LogP contribution < -0.4 is 0 Å². The maximum Gasteiger partial charge on any atom is 0.132 e. The van der Waals surface area contributed by atoms with Crippen molar-refractivity contribution >= 4 is 34.8 Å². The molecule has 1 heterocycles. The molecule has 0 aliphatic carbocycles. The SMILES string of the molecule is CC(C)Cc1nn(Cc2ccccc2Cl)c(Cl)c1CCl. The molecule has 2 nitrogen and oxygen atoms in total. The minimum absolute atomic E-state index is 0.378. The zero-order valence-corrected chi connectivity index (χ0v) is 13.8. The molecule has 0 saturated heterocycles. The molecule has 0 radical (unpaired) electrons. The molecule has 0 amide bonds. The van der Waals surface area contributed by atoms with E-state index in [1.807, 2.05) is 24.3 Å². The first-order valence-electron chi connectivity index (χ1n) is 6.56. The van der Waals surface area contributed by atoms with Gasteiger partial charge in [-0.15, -0.1) is 11.6 Å². The Bertz CT molecular complexity index is 591. The van der Waals surface area contributed by atoms with Crippen molar-refractivity contribution in [2.45, 2.75) is 32.7 Å². The van der Waals surface area contributed by atoms with E-state index in [1.54, 1.807) is 4.68 Å². The van der Waals surface area contributed by atoms with Gasteiger partial charge in [-0.1, -0.05) is 55.2 Å². The van der Waals surface area contributed by atoms with E-state index in [4.69, 9.17) is 34.8 Å². The van der Waals surface area contributed by atoms with Crippen LogP contribution in [0.25, 0.3) is 0 Å². The van der Waals surface area contributed by atoms with Crippen LogP contribution in [0.3, 0.4) is 0 Å². The van der Waals surface area contributed by atoms with E-state index in [9.17, 15) is 0 Å². The molecule has 0 N–H and O–H groups in total. The van der Waals surface area contributed by atoms with Gasteiger partial charge in [0.15, 0.2) is 0 Å². The van der Waals surface area contributed by atoms with Crippen LogP contribution in [0, 0.1) is 5.92 Å². The van der Waals surface area contributed by atoms with Crippen LogP contribution in [0.4, 0.5) is 0 Å². The molecule has 0 aliphatic heterocycles. The fourth-order valence-corrected chi connectivity index (χ4v) is 2.92. The number of alkyl halides is 1. The largest absolute Gasteiger partial charge is 0.249 e. The third-order valence-corrected chi connectivity index (χ3v) is 4.14. The minimum Gasteiger partial charge on any atom is -0.249 e. The standard InChI is InChI=1S/C15H17Cl3N2/c1-10(2)7-14-12(8-16)15(18)20(19-14)9-11-5-3-4-6-13(11)17/h3-6,10H,7-9H2,1-2H3. The summed E-state index contributed by atoms with van der Waals surface area (Å²) in [5, 5.41) is 5.93. The van der Waals surface area contributed by atoms with Crippen molar-refractivity contribution in [2.75, 3.05) is 0 Å². The van der Waals surface area contributed by atoms with Gasteiger partial charge in [0.25, 0.3) is 0 Å². The maximum absolute atomic E-state index is 6.39. The fourth-order valence-electron chi connectivity index (χ4n) is 2.10. The summed E-state index contributed by atoms with van der Waals surface area (Å²) >= 11 is 18.6. The summed E-state index contributed by atoms with van der Waals surface area (Å²) in [6.07, 6.45) is 0.872. The molecule has 0 saturated carbocycles. The van der Waals surface area contributed by atoms with E-state index < -0.39 is 0 Å². The van der Waals surface area contributed by atoms with Gasteiger partial charge < -0.3 is 0 Å². The number of hydrogen-bond donors (Lipinski definition) is 0. The van der Waals surface area contributed by atoms with Gasteiger partial charge >= 0.3 is 0 Å². The Balaban J connectivity index is 2.33. The number of hydrogen-bond acceptors (Lipinski definition) is 1. The molecule has 20 heavy (non-hydrogen) atoms. The van der Waals surface area contributed by atoms with Crippen LogP contribution in [0.1, 0.15) is 30.7 Å². The number of rotatable bonds is 5. The van der Waals surface area contributed by atoms with Crippen LogP contribution in [0.2, 0.25) is 10.2 Å². The monoisotopic (exact) mass is 330 g/mol. The van der Waals surface area contributed by atoms with Crippen LogP contribution in [-0.2, 0) is 18.8 Å². The molecule has 108 valence electrons. The lowest BCUT2D eigenvalue weighted by molar-refractivity contribution is 0.607. The van der Waals surface area contributed by atoms with Gasteiger partial charge in [0.1, 0.15) is 5.15 Å². The van der Waals surface area contributed by atoms with Crippen molar-refractivity contribution in [1.29, 1.82) is 0 Å². The first-order valence-corrected chi connectivity index (χ1v) is 7.85. The van der Waals surface area contributed by atoms with Crippen LogP contribution in [0.15, 0.2) is 24.3 Å². The summed E-state index contributed by atoms with van der Waals surface area (Å²) < 4.78 is 1.78. The summed E-state index contributed by atoms with van der Waals surface area (Å²) in [6, 6.07) is 7.70. The van der Waals surface area contributed by atoms with Crippen molar-refractivity contribution in [1.82, 2.24) is 9.78 Å². The highest BCUT2D eigenvalue weighted by atomic mass is 35.5. The Kier molecular flexibility index (Phi) is 5.36. The molecule has 0 spiro atoms. The second-order valence-corrected chi connectivity index (χ2v) is 6.23. The molecule has 0 fully saturated rings. The number of aromatic nitrogens is 2. The Morgan fingerprint density at radius 1 is 1.20 bits per heavy atom. The summed E-state index contributed by atoms with van der Waals surface area (Å²) in [5.74, 6) is 0.889. The number of nitrogens with zero attached hydrogens (tertiary/aromatic N) is 2. The summed E-state index contributed by atoms with van der Waals surface area (Å²) in [7, 11) is 0. The molecule has 5 heteroatoms. The second kappa shape index (κ2) is 6.84. The average molecular weight is 332 g/mol. The Hall–Kier alpha value is -0.700. The van der Waals surface area contributed by atoms with E-state index in [0.717, 1.165) is 28.3 Å². The summed E-state index contributed by atoms with van der Waals surface area (Å²) in [5.41, 5.74) is 2.90. The molecule has 0 bridgehead atoms. The quantitative estimate of drug-likeness (QED) is 0.691. The molecule has 1 aromatic carbocycles. The molecule has 0 aliphatic rings. The van der Waals surface area contributed by atoms with Gasteiger partial charge in [-0.05, 0) is 24.0 Å². The average Bonchev–Trinajstić information content (AvgIpc) is 2.67. The lowest BCUT2D eigenvalue weighted by atomic mass is 10.1. The Morgan fingerprint density at radius 3 is 2.50 bits per heavy atom. The highest BCUT2D eigenvalue weighted by molar-refractivity contribution is 6.32. The van der Waals surface area contributed by atoms with Crippen LogP contribution in [0.5, 0.6) is 0 Å². The molecule has 2 aromatic rings. The van der Waals surface area contributed by atoms with E-state index in [1.165, 1.54) is 0 Å². The predicted octanol–water partition coefficient (Wildman–Crippen LogP) is 5.18. The van der Waals surface area contributed by atoms with Gasteiger partial charge in [-0.3, -0.25) is 0 Å².